The van der Waals surface area contributed by atoms with Crippen LogP contribution in [0.2, 0.25) is 0 Å². The van der Waals surface area contributed by atoms with Crippen molar-refractivity contribution in [2.24, 2.45) is 5.73 Å². The van der Waals surface area contributed by atoms with Gasteiger partial charge in [-0.3, -0.25) is 4.79 Å². The van der Waals surface area contributed by atoms with Gasteiger partial charge in [-0.1, -0.05) is 6.92 Å². The number of sulfonamides is 1. The van der Waals surface area contributed by atoms with E-state index in [2.05, 4.69) is 10.0 Å². The molecule has 0 aliphatic carbocycles. The Morgan fingerprint density at radius 3 is 2.35 bits per heavy atom. The van der Waals surface area contributed by atoms with E-state index in [-0.39, 0.29) is 31.5 Å². The van der Waals surface area contributed by atoms with E-state index in [4.69, 9.17) is 5.73 Å². The fraction of sp³-hybridized carbons (Fsp3) is 0.900. The van der Waals surface area contributed by atoms with E-state index in [0.29, 0.717) is 6.42 Å². The van der Waals surface area contributed by atoms with E-state index < -0.39 is 15.3 Å². The van der Waals surface area contributed by atoms with Crippen LogP contribution in [0.1, 0.15) is 33.6 Å². The minimum atomic E-state index is -3.40. The Morgan fingerprint density at radius 2 is 1.94 bits per heavy atom. The van der Waals surface area contributed by atoms with Gasteiger partial charge in [0.1, 0.15) is 0 Å². The maximum absolute atomic E-state index is 11.7. The van der Waals surface area contributed by atoms with Crippen molar-refractivity contribution < 1.29 is 13.2 Å². The monoisotopic (exact) mass is 265 g/mol. The zero-order valence-electron chi connectivity index (χ0n) is 10.7. The van der Waals surface area contributed by atoms with Gasteiger partial charge in [0.25, 0.3) is 0 Å². The SMILES string of the molecule is CCC(CN)S(=O)(=O)NCCC(=O)NC(C)C. The summed E-state index contributed by atoms with van der Waals surface area (Å²) in [7, 11) is -3.40. The van der Waals surface area contributed by atoms with E-state index in [9.17, 15) is 13.2 Å². The van der Waals surface area contributed by atoms with Gasteiger partial charge in [-0.15, -0.1) is 0 Å². The summed E-state index contributed by atoms with van der Waals surface area (Å²) in [6.45, 7) is 5.66. The van der Waals surface area contributed by atoms with Gasteiger partial charge in [0, 0.05) is 25.6 Å². The highest BCUT2D eigenvalue weighted by atomic mass is 32.2. The number of amides is 1. The Morgan fingerprint density at radius 1 is 1.35 bits per heavy atom. The number of rotatable bonds is 8. The summed E-state index contributed by atoms with van der Waals surface area (Å²) < 4.78 is 25.7. The molecule has 0 heterocycles. The van der Waals surface area contributed by atoms with E-state index >= 15 is 0 Å². The molecule has 6 nitrogen and oxygen atoms in total. The summed E-state index contributed by atoms with van der Waals surface area (Å²) in [5.41, 5.74) is 5.37. The third-order valence-corrected chi connectivity index (χ3v) is 4.27. The highest BCUT2D eigenvalue weighted by molar-refractivity contribution is 7.90. The van der Waals surface area contributed by atoms with Gasteiger partial charge in [0.15, 0.2) is 0 Å². The molecule has 0 bridgehead atoms. The molecule has 0 rings (SSSR count). The average Bonchev–Trinajstić information content (AvgIpc) is 2.17. The predicted octanol–water partition coefficient (Wildman–Crippen LogP) is -0.442. The van der Waals surface area contributed by atoms with Crippen molar-refractivity contribution in [3.05, 3.63) is 0 Å². The predicted molar refractivity (Wildman–Crippen MR) is 68.0 cm³/mol. The normalized spacial score (nSPS) is 13.7. The maximum Gasteiger partial charge on any atom is 0.221 e. The first-order valence-corrected chi connectivity index (χ1v) is 7.36. The number of hydrogen-bond donors (Lipinski definition) is 3. The molecule has 7 heteroatoms. The van der Waals surface area contributed by atoms with Gasteiger partial charge >= 0.3 is 0 Å². The Bertz CT molecular complexity index is 324. The number of carbonyl (C=O) groups excluding carboxylic acids is 1. The molecule has 17 heavy (non-hydrogen) atoms. The van der Waals surface area contributed by atoms with Gasteiger partial charge in [0.05, 0.1) is 5.25 Å². The lowest BCUT2D eigenvalue weighted by atomic mass is 10.3. The number of nitrogens with one attached hydrogen (secondary N) is 2. The lowest BCUT2D eigenvalue weighted by molar-refractivity contribution is -0.121. The largest absolute Gasteiger partial charge is 0.354 e. The van der Waals surface area contributed by atoms with E-state index in [1.54, 1.807) is 6.92 Å². The van der Waals surface area contributed by atoms with Crippen molar-refractivity contribution >= 4 is 15.9 Å². The third kappa shape index (κ3) is 6.60. The maximum atomic E-state index is 11.7. The van der Waals surface area contributed by atoms with Crippen LogP contribution in [0.25, 0.3) is 0 Å². The van der Waals surface area contributed by atoms with Crippen molar-refractivity contribution in [1.82, 2.24) is 10.0 Å². The Hall–Kier alpha value is -0.660. The van der Waals surface area contributed by atoms with Crippen LogP contribution in [-0.4, -0.2) is 38.7 Å². The smallest absolute Gasteiger partial charge is 0.221 e. The number of nitrogens with two attached hydrogens (primary N) is 1. The molecule has 0 aliphatic heterocycles. The van der Waals surface area contributed by atoms with Crippen molar-refractivity contribution in [2.45, 2.75) is 44.9 Å². The highest BCUT2D eigenvalue weighted by Gasteiger charge is 2.21. The van der Waals surface area contributed by atoms with Gasteiger partial charge < -0.3 is 11.1 Å². The molecule has 0 aliphatic rings. The second-order valence-electron chi connectivity index (χ2n) is 4.18. The van der Waals surface area contributed by atoms with Crippen molar-refractivity contribution in [2.75, 3.05) is 13.1 Å². The fourth-order valence-electron chi connectivity index (χ4n) is 1.33. The molecule has 0 saturated carbocycles. The van der Waals surface area contributed by atoms with Crippen molar-refractivity contribution in [3.8, 4) is 0 Å². The number of hydrogen-bond acceptors (Lipinski definition) is 4. The zero-order valence-corrected chi connectivity index (χ0v) is 11.5. The molecule has 0 saturated heterocycles. The Labute approximate surface area is 103 Å². The molecular formula is C10H23N3O3S. The highest BCUT2D eigenvalue weighted by Crippen LogP contribution is 2.01. The molecule has 0 radical (unpaired) electrons. The molecule has 1 atom stereocenters. The summed E-state index contributed by atoms with van der Waals surface area (Å²) in [4.78, 5) is 11.3. The summed E-state index contributed by atoms with van der Waals surface area (Å²) in [6, 6.07) is 0.0616. The van der Waals surface area contributed by atoms with Crippen LogP contribution < -0.4 is 15.8 Å². The van der Waals surface area contributed by atoms with Gasteiger partial charge in [-0.2, -0.15) is 0 Å². The van der Waals surface area contributed by atoms with Crippen LogP contribution in [0.3, 0.4) is 0 Å². The fourth-order valence-corrected chi connectivity index (χ4v) is 2.65. The lowest BCUT2D eigenvalue weighted by Gasteiger charge is -2.14. The first-order chi connectivity index (χ1) is 7.83. The molecule has 102 valence electrons. The van der Waals surface area contributed by atoms with Gasteiger partial charge in [0.2, 0.25) is 15.9 Å². The van der Waals surface area contributed by atoms with Crippen LogP contribution >= 0.6 is 0 Å². The first-order valence-electron chi connectivity index (χ1n) is 5.81. The standard InChI is InChI=1S/C10H23N3O3S/c1-4-9(7-11)17(15,16)12-6-5-10(14)13-8(2)3/h8-9,12H,4-7,11H2,1-3H3,(H,13,14). The Balaban J connectivity index is 4.07. The second kappa shape index (κ2) is 7.62. The molecule has 0 fully saturated rings. The number of carbonyl (C=O) groups is 1. The van der Waals surface area contributed by atoms with Crippen LogP contribution in [-0.2, 0) is 14.8 Å². The van der Waals surface area contributed by atoms with Crippen LogP contribution in [0.5, 0.6) is 0 Å². The summed E-state index contributed by atoms with van der Waals surface area (Å²) in [6.07, 6.45) is 0.600. The summed E-state index contributed by atoms with van der Waals surface area (Å²) in [5, 5.41) is 2.10. The molecular weight excluding hydrogens is 242 g/mol. The van der Waals surface area contributed by atoms with Gasteiger partial charge in [-0.25, -0.2) is 13.1 Å². The minimum absolute atomic E-state index is 0.0616. The molecule has 0 spiro atoms. The molecule has 0 aromatic rings. The molecule has 4 N–H and O–H groups in total. The second-order valence-corrected chi connectivity index (χ2v) is 6.22. The molecule has 1 amide bonds. The molecule has 0 aromatic carbocycles. The van der Waals surface area contributed by atoms with E-state index in [1.165, 1.54) is 0 Å². The van der Waals surface area contributed by atoms with Crippen molar-refractivity contribution in [1.29, 1.82) is 0 Å². The van der Waals surface area contributed by atoms with Crippen LogP contribution in [0.15, 0.2) is 0 Å². The van der Waals surface area contributed by atoms with E-state index in [1.807, 2.05) is 13.8 Å². The van der Waals surface area contributed by atoms with Gasteiger partial charge in [-0.05, 0) is 20.3 Å². The van der Waals surface area contributed by atoms with Crippen LogP contribution in [0, 0.1) is 0 Å². The topological polar surface area (TPSA) is 101 Å². The summed E-state index contributed by atoms with van der Waals surface area (Å²) >= 11 is 0. The zero-order chi connectivity index (χ0) is 13.5. The Kier molecular flexibility index (Phi) is 7.33. The van der Waals surface area contributed by atoms with E-state index in [0.717, 1.165) is 0 Å². The minimum Gasteiger partial charge on any atom is -0.354 e. The molecule has 1 unspecified atom stereocenters. The third-order valence-electron chi connectivity index (χ3n) is 2.26. The van der Waals surface area contributed by atoms with Crippen molar-refractivity contribution in [3.63, 3.8) is 0 Å². The summed E-state index contributed by atoms with van der Waals surface area (Å²) in [5.74, 6) is -0.163. The van der Waals surface area contributed by atoms with Crippen LogP contribution in [0.4, 0.5) is 0 Å². The lowest BCUT2D eigenvalue weighted by Crippen LogP contribution is -2.40. The molecule has 0 aromatic heterocycles. The average molecular weight is 265 g/mol. The quantitative estimate of drug-likeness (QED) is 0.553. The first kappa shape index (κ1) is 16.3.